The van der Waals surface area contributed by atoms with Gasteiger partial charge < -0.3 is 51.6 Å². The molecule has 6 amide bonds. The summed E-state index contributed by atoms with van der Waals surface area (Å²) in [7, 11) is 0. The molecular formula is C28H38N10O10. The monoisotopic (exact) mass is 674 g/mol. The second-order valence-electron chi connectivity index (χ2n) is 11.5. The van der Waals surface area contributed by atoms with E-state index in [1.165, 1.54) is 19.6 Å². The van der Waals surface area contributed by atoms with Crippen LogP contribution in [0.4, 0.5) is 5.82 Å². The van der Waals surface area contributed by atoms with E-state index in [0.29, 0.717) is 11.2 Å². The molecule has 7 atom stereocenters. The van der Waals surface area contributed by atoms with E-state index in [2.05, 4.69) is 46.5 Å². The van der Waals surface area contributed by atoms with Crippen LogP contribution in [0.3, 0.4) is 0 Å². The maximum atomic E-state index is 12.9. The van der Waals surface area contributed by atoms with Gasteiger partial charge >= 0.3 is 0 Å². The Bertz CT molecular complexity index is 1540. The molecule has 20 heteroatoms. The number of nitrogens with zero attached hydrogens (tertiary/aromatic N) is 4. The number of aliphatic hydroxyl groups excluding tert-OH is 3. The average Bonchev–Trinajstić information content (AvgIpc) is 3.66. The molecule has 2 aromatic rings. The zero-order chi connectivity index (χ0) is 35.1. The van der Waals surface area contributed by atoms with E-state index >= 15 is 0 Å². The van der Waals surface area contributed by atoms with E-state index in [1.807, 2.05) is 0 Å². The maximum absolute atomic E-state index is 12.9. The molecule has 0 saturated carbocycles. The van der Waals surface area contributed by atoms with Crippen molar-refractivity contribution in [2.45, 2.75) is 69.9 Å². The molecule has 2 aliphatic rings. The number of hydrogen-bond acceptors (Lipinski definition) is 14. The molecule has 2 aliphatic heterocycles. The fourth-order valence-corrected chi connectivity index (χ4v) is 5.00. The zero-order valence-electron chi connectivity index (χ0n) is 26.2. The summed E-state index contributed by atoms with van der Waals surface area (Å²) in [6.07, 6.45) is -1.03. The minimum Gasteiger partial charge on any atom is -0.394 e. The van der Waals surface area contributed by atoms with Crippen molar-refractivity contribution < 1.29 is 48.8 Å². The number of aromatic nitrogens is 4. The van der Waals surface area contributed by atoms with E-state index in [1.54, 1.807) is 13.8 Å². The van der Waals surface area contributed by atoms with E-state index in [4.69, 9.17) is 4.74 Å². The Labute approximate surface area is 273 Å². The summed E-state index contributed by atoms with van der Waals surface area (Å²) in [5, 5.41) is 44.0. The molecular weight excluding hydrogens is 636 g/mol. The molecule has 4 rings (SSSR count). The lowest BCUT2D eigenvalue weighted by molar-refractivity contribution is -0.185. The molecule has 0 aliphatic carbocycles. The van der Waals surface area contributed by atoms with Crippen molar-refractivity contribution in [1.29, 1.82) is 0 Å². The Morgan fingerprint density at radius 2 is 1.69 bits per heavy atom. The summed E-state index contributed by atoms with van der Waals surface area (Å²) >= 11 is 0. The third-order valence-corrected chi connectivity index (χ3v) is 7.66. The number of nitrogens with one attached hydrogen (secondary N) is 6. The van der Waals surface area contributed by atoms with Crippen molar-refractivity contribution in [1.82, 2.24) is 46.1 Å². The molecule has 48 heavy (non-hydrogen) atoms. The van der Waals surface area contributed by atoms with Gasteiger partial charge in [0.2, 0.25) is 23.6 Å². The number of carbonyl (C=O) groups excluding carboxylic acids is 6. The Morgan fingerprint density at radius 3 is 2.35 bits per heavy atom. The van der Waals surface area contributed by atoms with Gasteiger partial charge in [0.1, 0.15) is 42.2 Å². The highest BCUT2D eigenvalue weighted by Gasteiger charge is 2.45. The number of aromatic amines is 1. The number of fused-ring (bicyclic) bond motifs is 1. The number of aliphatic hydroxyl groups is 3. The van der Waals surface area contributed by atoms with Crippen LogP contribution < -0.4 is 26.6 Å². The van der Waals surface area contributed by atoms with Gasteiger partial charge in [-0.2, -0.15) is 0 Å². The zero-order valence-corrected chi connectivity index (χ0v) is 26.2. The van der Waals surface area contributed by atoms with E-state index in [0.717, 1.165) is 17.1 Å². The average molecular weight is 675 g/mol. The molecule has 0 aromatic carbocycles. The highest BCUT2D eigenvalue weighted by Crippen LogP contribution is 2.24. The number of imidazole rings is 1. The van der Waals surface area contributed by atoms with Gasteiger partial charge in [-0.1, -0.05) is 13.8 Å². The van der Waals surface area contributed by atoms with Crippen LogP contribution in [0.25, 0.3) is 11.2 Å². The fourth-order valence-electron chi connectivity index (χ4n) is 5.00. The van der Waals surface area contributed by atoms with Crippen molar-refractivity contribution in [3.05, 3.63) is 24.8 Å². The topological polar surface area (TPSA) is 290 Å². The molecule has 9 N–H and O–H groups in total. The third-order valence-electron chi connectivity index (χ3n) is 7.66. The fraction of sp³-hybridized carbons (Fsp3) is 0.536. The molecule has 20 nitrogen and oxygen atoms in total. The Kier molecular flexibility index (Phi) is 11.7. The number of rotatable bonds is 14. The molecule has 260 valence electrons. The van der Waals surface area contributed by atoms with Gasteiger partial charge in [-0.15, -0.1) is 0 Å². The first-order valence-electron chi connectivity index (χ1n) is 15.0. The van der Waals surface area contributed by atoms with Gasteiger partial charge in [0, 0.05) is 25.1 Å². The maximum Gasteiger partial charge on any atom is 0.253 e. The summed E-state index contributed by atoms with van der Waals surface area (Å²) in [6.45, 7) is 3.30. The predicted molar refractivity (Wildman–Crippen MR) is 163 cm³/mol. The lowest BCUT2D eigenvalue weighted by atomic mass is 9.95. The lowest BCUT2D eigenvalue weighted by Gasteiger charge is -2.42. The molecule has 0 unspecified atom stereocenters. The second-order valence-corrected chi connectivity index (χ2v) is 11.5. The molecule has 0 bridgehead atoms. The largest absolute Gasteiger partial charge is 0.394 e. The molecule has 0 spiro atoms. The van der Waals surface area contributed by atoms with Crippen LogP contribution in [0, 0.1) is 5.92 Å². The van der Waals surface area contributed by atoms with Gasteiger partial charge in [-0.3, -0.25) is 33.7 Å². The number of carbonyl (C=O) groups is 6. The van der Waals surface area contributed by atoms with Crippen LogP contribution in [-0.4, -0.2) is 138 Å². The Hall–Kier alpha value is -5.05. The van der Waals surface area contributed by atoms with Gasteiger partial charge in [-0.05, 0) is 12.8 Å². The molecule has 1 fully saturated rings. The second kappa shape index (κ2) is 15.7. The number of imide groups is 1. The summed E-state index contributed by atoms with van der Waals surface area (Å²) in [5.41, 5.74) is 0.748. The normalized spacial score (nSPS) is 23.6. The molecule has 4 heterocycles. The SMILES string of the molecule is CC(C)[C@H](NC(=O)CCN1C(=O)C=CC1=O)C(=O)N[C@@H](C)C(=O)NCC(=O)N[C@@H]1[C@@H](O)[C@H](O)[C@@H](Nc2ncnc3nc[nH]c23)O[C@H]1CO. The van der Waals surface area contributed by atoms with E-state index < -0.39 is 97.2 Å². The first-order chi connectivity index (χ1) is 22.8. The van der Waals surface area contributed by atoms with Gasteiger partial charge in [0.15, 0.2) is 17.7 Å². The molecule has 0 radical (unpaired) electrons. The van der Waals surface area contributed by atoms with Crippen molar-refractivity contribution in [2.75, 3.05) is 25.0 Å². The molecule has 1 saturated heterocycles. The van der Waals surface area contributed by atoms with E-state index in [-0.39, 0.29) is 18.8 Å². The predicted octanol–water partition coefficient (Wildman–Crippen LogP) is -4.23. The number of amides is 6. The van der Waals surface area contributed by atoms with Gasteiger partial charge in [-0.25, -0.2) is 15.0 Å². The van der Waals surface area contributed by atoms with Crippen LogP contribution in [0.1, 0.15) is 27.2 Å². The third kappa shape index (κ3) is 8.45. The van der Waals surface area contributed by atoms with Crippen LogP contribution >= 0.6 is 0 Å². The highest BCUT2D eigenvalue weighted by molar-refractivity contribution is 6.13. The Balaban J connectivity index is 1.24. The van der Waals surface area contributed by atoms with Crippen LogP contribution in [-0.2, 0) is 33.5 Å². The first kappa shape index (κ1) is 35.8. The molecule has 2 aromatic heterocycles. The summed E-state index contributed by atoms with van der Waals surface area (Å²) in [5.74, 6) is -4.06. The van der Waals surface area contributed by atoms with Gasteiger partial charge in [0.25, 0.3) is 11.8 Å². The summed E-state index contributed by atoms with van der Waals surface area (Å²) in [6, 6.07) is -3.46. The lowest BCUT2D eigenvalue weighted by Crippen LogP contribution is -2.66. The number of H-pyrrole nitrogens is 1. The summed E-state index contributed by atoms with van der Waals surface area (Å²) in [4.78, 5) is 89.9. The number of ether oxygens (including phenoxy) is 1. The van der Waals surface area contributed by atoms with Crippen molar-refractivity contribution >= 4 is 52.4 Å². The van der Waals surface area contributed by atoms with E-state index in [9.17, 15) is 44.1 Å². The van der Waals surface area contributed by atoms with Crippen molar-refractivity contribution in [3.8, 4) is 0 Å². The van der Waals surface area contributed by atoms with Crippen LogP contribution in [0.15, 0.2) is 24.8 Å². The number of anilines is 1. The van der Waals surface area contributed by atoms with Crippen LogP contribution in [0.2, 0.25) is 0 Å². The minimum atomic E-state index is -1.61. The smallest absolute Gasteiger partial charge is 0.253 e. The standard InChI is InChI=1S/C28H38N10O10/c1-12(2)19(35-15(40)6-7-38-17(42)4-5-18(38)43)27(47)34-13(3)26(46)29-8-16(41)36-20-14(9-39)48-28(23(45)22(20)44)37-25-21-24(31-10-30-21)32-11-33-25/h4-5,10-14,19-20,22-23,28,39,44-45H,6-9H2,1-3H3,(H,29,46)(H,34,47)(H,35,40)(H,36,41)(H2,30,31,32,33,37)/t13-,14-,19-,20-,22+,23-,28-/m0/s1. The Morgan fingerprint density at radius 1 is 0.979 bits per heavy atom. The van der Waals surface area contributed by atoms with Gasteiger partial charge in [0.05, 0.1) is 25.5 Å². The van der Waals surface area contributed by atoms with Crippen molar-refractivity contribution in [2.24, 2.45) is 5.92 Å². The highest BCUT2D eigenvalue weighted by atomic mass is 16.5. The first-order valence-corrected chi connectivity index (χ1v) is 15.0. The minimum absolute atomic E-state index is 0.165. The quantitative estimate of drug-likeness (QED) is 0.0859. The number of hydrogen-bond donors (Lipinski definition) is 9. The van der Waals surface area contributed by atoms with Crippen molar-refractivity contribution in [3.63, 3.8) is 0 Å². The summed E-state index contributed by atoms with van der Waals surface area (Å²) < 4.78 is 5.71. The van der Waals surface area contributed by atoms with Crippen LogP contribution in [0.5, 0.6) is 0 Å².